The maximum Gasteiger partial charge on any atom is 0.246 e. The SMILES string of the molecule is COc1cc(N[C@@H](C)C(=O)Nc2cccc3ncccc23)ccc1NC(C)=O. The predicted molar refractivity (Wildman–Crippen MR) is 111 cm³/mol. The third kappa shape index (κ3) is 4.37. The molecule has 1 atom stereocenters. The zero-order valence-corrected chi connectivity index (χ0v) is 15.9. The quantitative estimate of drug-likeness (QED) is 0.609. The topological polar surface area (TPSA) is 92.3 Å². The van der Waals surface area contributed by atoms with Gasteiger partial charge in [0.2, 0.25) is 11.8 Å². The van der Waals surface area contributed by atoms with Gasteiger partial charge >= 0.3 is 0 Å². The van der Waals surface area contributed by atoms with Crippen LogP contribution in [0, 0.1) is 0 Å². The van der Waals surface area contributed by atoms with Crippen LogP contribution in [0.1, 0.15) is 13.8 Å². The van der Waals surface area contributed by atoms with Crippen molar-refractivity contribution in [1.82, 2.24) is 4.98 Å². The van der Waals surface area contributed by atoms with Gasteiger partial charge in [-0.15, -0.1) is 0 Å². The molecule has 0 spiro atoms. The van der Waals surface area contributed by atoms with E-state index in [2.05, 4.69) is 20.9 Å². The molecule has 0 aliphatic carbocycles. The third-order valence-electron chi connectivity index (χ3n) is 4.19. The van der Waals surface area contributed by atoms with Gasteiger partial charge in [-0.1, -0.05) is 6.07 Å². The van der Waals surface area contributed by atoms with E-state index >= 15 is 0 Å². The van der Waals surface area contributed by atoms with Gasteiger partial charge in [0.05, 0.1) is 24.0 Å². The number of rotatable bonds is 6. The van der Waals surface area contributed by atoms with E-state index in [1.807, 2.05) is 30.3 Å². The van der Waals surface area contributed by atoms with E-state index in [1.54, 1.807) is 31.3 Å². The number of amides is 2. The van der Waals surface area contributed by atoms with Crippen molar-refractivity contribution in [2.24, 2.45) is 0 Å². The molecule has 7 heteroatoms. The summed E-state index contributed by atoms with van der Waals surface area (Å²) >= 11 is 0. The van der Waals surface area contributed by atoms with Crippen LogP contribution < -0.4 is 20.7 Å². The van der Waals surface area contributed by atoms with Gasteiger partial charge in [-0.25, -0.2) is 0 Å². The summed E-state index contributed by atoms with van der Waals surface area (Å²) in [5.41, 5.74) is 2.80. The van der Waals surface area contributed by atoms with Crippen LogP contribution in [0.25, 0.3) is 10.9 Å². The Balaban J connectivity index is 1.72. The maximum atomic E-state index is 12.6. The molecule has 0 saturated carbocycles. The first kappa shape index (κ1) is 19.2. The summed E-state index contributed by atoms with van der Waals surface area (Å²) in [6, 6.07) is 14.1. The van der Waals surface area contributed by atoms with Crippen LogP contribution in [0.15, 0.2) is 54.7 Å². The Kier molecular flexibility index (Phi) is 5.74. The molecule has 0 unspecified atom stereocenters. The smallest absolute Gasteiger partial charge is 0.246 e. The number of hydrogen-bond donors (Lipinski definition) is 3. The molecule has 0 radical (unpaired) electrons. The molecule has 1 heterocycles. The number of carbonyl (C=O) groups is 2. The van der Waals surface area contributed by atoms with Gasteiger partial charge in [-0.2, -0.15) is 0 Å². The van der Waals surface area contributed by atoms with Crippen LogP contribution in [0.3, 0.4) is 0 Å². The highest BCUT2D eigenvalue weighted by atomic mass is 16.5. The van der Waals surface area contributed by atoms with E-state index in [0.29, 0.717) is 22.8 Å². The number of aromatic nitrogens is 1. The third-order valence-corrected chi connectivity index (χ3v) is 4.19. The van der Waals surface area contributed by atoms with Crippen molar-refractivity contribution >= 4 is 39.8 Å². The molecule has 0 bridgehead atoms. The number of nitrogens with one attached hydrogen (secondary N) is 3. The molecule has 1 aromatic heterocycles. The number of hydrogen-bond acceptors (Lipinski definition) is 5. The summed E-state index contributed by atoms with van der Waals surface area (Å²) in [5.74, 6) is 0.144. The minimum atomic E-state index is -0.497. The zero-order valence-electron chi connectivity index (χ0n) is 15.9. The molecule has 2 amide bonds. The minimum absolute atomic E-state index is 0.179. The van der Waals surface area contributed by atoms with Crippen LogP contribution >= 0.6 is 0 Å². The average Bonchev–Trinajstić information content (AvgIpc) is 2.69. The number of benzene rings is 2. The van der Waals surface area contributed by atoms with Crippen LogP contribution in [0.2, 0.25) is 0 Å². The molecule has 0 fully saturated rings. The molecule has 3 N–H and O–H groups in total. The Bertz CT molecular complexity index is 1010. The van der Waals surface area contributed by atoms with Crippen LogP contribution in [0.5, 0.6) is 5.75 Å². The molecule has 144 valence electrons. The highest BCUT2D eigenvalue weighted by molar-refractivity contribution is 6.03. The summed E-state index contributed by atoms with van der Waals surface area (Å²) in [7, 11) is 1.52. The van der Waals surface area contributed by atoms with Gasteiger partial charge < -0.3 is 20.7 Å². The first-order chi connectivity index (χ1) is 13.5. The second-order valence-electron chi connectivity index (χ2n) is 6.33. The molecule has 3 aromatic rings. The van der Waals surface area contributed by atoms with Crippen LogP contribution in [-0.2, 0) is 9.59 Å². The second kappa shape index (κ2) is 8.39. The number of anilines is 3. The van der Waals surface area contributed by atoms with Crippen molar-refractivity contribution in [2.45, 2.75) is 19.9 Å². The average molecular weight is 378 g/mol. The van der Waals surface area contributed by atoms with Gasteiger partial charge in [-0.3, -0.25) is 14.6 Å². The summed E-state index contributed by atoms with van der Waals surface area (Å²) < 4.78 is 5.31. The molecule has 0 saturated heterocycles. The molecule has 2 aromatic carbocycles. The largest absolute Gasteiger partial charge is 0.494 e. The van der Waals surface area contributed by atoms with E-state index in [0.717, 1.165) is 10.9 Å². The van der Waals surface area contributed by atoms with E-state index in [4.69, 9.17) is 4.74 Å². The number of nitrogens with zero attached hydrogens (tertiary/aromatic N) is 1. The lowest BCUT2D eigenvalue weighted by Gasteiger charge is -2.17. The lowest BCUT2D eigenvalue weighted by Crippen LogP contribution is -2.31. The van der Waals surface area contributed by atoms with Crippen molar-refractivity contribution in [3.8, 4) is 5.75 Å². The first-order valence-electron chi connectivity index (χ1n) is 8.84. The Labute approximate surface area is 163 Å². The van der Waals surface area contributed by atoms with Crippen molar-refractivity contribution in [2.75, 3.05) is 23.1 Å². The number of ether oxygens (including phenoxy) is 1. The molecule has 0 aliphatic heterocycles. The normalized spacial score (nSPS) is 11.5. The minimum Gasteiger partial charge on any atom is -0.494 e. The maximum absolute atomic E-state index is 12.6. The van der Waals surface area contributed by atoms with Gasteiger partial charge in [0, 0.05) is 30.3 Å². The van der Waals surface area contributed by atoms with Crippen molar-refractivity contribution in [3.63, 3.8) is 0 Å². The fourth-order valence-electron chi connectivity index (χ4n) is 2.84. The standard InChI is InChI=1S/C21H22N4O3/c1-13(23-15-9-10-19(24-14(2)26)20(12-15)28-3)21(27)25-18-8-4-7-17-16(18)6-5-11-22-17/h4-13,23H,1-3H3,(H,24,26)(H,25,27)/t13-/m0/s1. The van der Waals surface area contributed by atoms with Crippen molar-refractivity contribution in [3.05, 3.63) is 54.7 Å². The summed E-state index contributed by atoms with van der Waals surface area (Å²) in [6.45, 7) is 3.20. The fraction of sp³-hybridized carbons (Fsp3) is 0.190. The highest BCUT2D eigenvalue weighted by Crippen LogP contribution is 2.28. The number of pyridine rings is 1. The van der Waals surface area contributed by atoms with Crippen molar-refractivity contribution < 1.29 is 14.3 Å². The fourth-order valence-corrected chi connectivity index (χ4v) is 2.84. The summed E-state index contributed by atoms with van der Waals surface area (Å²) in [6.07, 6.45) is 1.72. The highest BCUT2D eigenvalue weighted by Gasteiger charge is 2.15. The summed E-state index contributed by atoms with van der Waals surface area (Å²) in [5, 5.41) is 9.67. The van der Waals surface area contributed by atoms with E-state index in [1.165, 1.54) is 14.0 Å². The van der Waals surface area contributed by atoms with Gasteiger partial charge in [-0.05, 0) is 43.3 Å². The van der Waals surface area contributed by atoms with Crippen LogP contribution in [0.4, 0.5) is 17.1 Å². The Morgan fingerprint density at radius 1 is 1.04 bits per heavy atom. The van der Waals surface area contributed by atoms with Gasteiger partial charge in [0.15, 0.2) is 0 Å². The molecule has 0 aliphatic rings. The monoisotopic (exact) mass is 378 g/mol. The van der Waals surface area contributed by atoms with Crippen LogP contribution in [-0.4, -0.2) is 29.9 Å². The number of methoxy groups -OCH3 is 1. The Hall–Kier alpha value is -3.61. The lowest BCUT2D eigenvalue weighted by atomic mass is 10.1. The predicted octanol–water partition coefficient (Wildman–Crippen LogP) is 3.64. The number of fused-ring (bicyclic) bond motifs is 1. The number of carbonyl (C=O) groups excluding carboxylic acids is 2. The van der Waals surface area contributed by atoms with Crippen molar-refractivity contribution in [1.29, 1.82) is 0 Å². The van der Waals surface area contributed by atoms with Gasteiger partial charge in [0.25, 0.3) is 0 Å². The molecule has 28 heavy (non-hydrogen) atoms. The molecule has 3 rings (SSSR count). The van der Waals surface area contributed by atoms with Gasteiger partial charge in [0.1, 0.15) is 11.8 Å². The Morgan fingerprint density at radius 3 is 2.61 bits per heavy atom. The zero-order chi connectivity index (χ0) is 20.1. The molecular formula is C21H22N4O3. The van der Waals surface area contributed by atoms with E-state index in [9.17, 15) is 9.59 Å². The molecular weight excluding hydrogens is 356 g/mol. The Morgan fingerprint density at radius 2 is 1.86 bits per heavy atom. The first-order valence-corrected chi connectivity index (χ1v) is 8.84. The van der Waals surface area contributed by atoms with E-state index in [-0.39, 0.29) is 11.8 Å². The molecule has 7 nitrogen and oxygen atoms in total. The second-order valence-corrected chi connectivity index (χ2v) is 6.33. The summed E-state index contributed by atoms with van der Waals surface area (Å²) in [4.78, 5) is 28.2. The lowest BCUT2D eigenvalue weighted by molar-refractivity contribution is -0.116. The van der Waals surface area contributed by atoms with E-state index < -0.39 is 6.04 Å².